The monoisotopic (exact) mass is 388 g/mol. The second-order valence-corrected chi connectivity index (χ2v) is 7.11. The number of amides is 2. The molecule has 0 radical (unpaired) electrons. The van der Waals surface area contributed by atoms with Crippen LogP contribution in [0.4, 0.5) is 4.39 Å². The molecule has 8 heteroatoms. The summed E-state index contributed by atoms with van der Waals surface area (Å²) in [6, 6.07) is 5.59. The largest absolute Gasteiger partial charge is 0.391 e. The van der Waals surface area contributed by atoms with Crippen LogP contribution in [0.15, 0.2) is 36.7 Å². The lowest BCUT2D eigenvalue weighted by molar-refractivity contribution is -0.125. The van der Waals surface area contributed by atoms with Crippen LogP contribution in [0.25, 0.3) is 0 Å². The van der Waals surface area contributed by atoms with Gasteiger partial charge in [-0.25, -0.2) is 9.37 Å². The lowest BCUT2D eigenvalue weighted by Crippen LogP contribution is -2.41. The summed E-state index contributed by atoms with van der Waals surface area (Å²) in [7, 11) is 0. The molecular formula is C20H25FN4O3. The molecule has 150 valence electrons. The quantitative estimate of drug-likeness (QED) is 0.508. The van der Waals surface area contributed by atoms with Crippen molar-refractivity contribution >= 4 is 11.8 Å². The molecule has 0 aliphatic heterocycles. The lowest BCUT2D eigenvalue weighted by atomic mass is 10.1. The Morgan fingerprint density at radius 3 is 2.86 bits per heavy atom. The topological polar surface area (TPSA) is 107 Å². The highest BCUT2D eigenvalue weighted by atomic mass is 19.1. The van der Waals surface area contributed by atoms with E-state index in [0.717, 1.165) is 18.7 Å². The van der Waals surface area contributed by atoms with Crippen LogP contribution in [-0.2, 0) is 22.4 Å². The smallest absolute Gasteiger partial charge is 0.224 e. The molecule has 2 aromatic rings. The molecule has 1 aromatic heterocycles. The number of aryl methyl sites for hydroxylation is 1. The number of carbonyl (C=O) groups is 2. The zero-order valence-corrected chi connectivity index (χ0v) is 15.5. The van der Waals surface area contributed by atoms with Crippen molar-refractivity contribution in [1.29, 1.82) is 0 Å². The van der Waals surface area contributed by atoms with Crippen LogP contribution in [0.3, 0.4) is 0 Å². The number of hydrogen-bond donors (Lipinski definition) is 4. The van der Waals surface area contributed by atoms with Crippen molar-refractivity contribution in [3.05, 3.63) is 53.9 Å². The summed E-state index contributed by atoms with van der Waals surface area (Å²) in [6.45, 7) is 0.524. The third-order valence-corrected chi connectivity index (χ3v) is 5.00. The minimum atomic E-state index is -0.788. The Balaban J connectivity index is 1.41. The zero-order valence-electron chi connectivity index (χ0n) is 15.5. The molecule has 1 saturated carbocycles. The molecule has 1 aromatic carbocycles. The van der Waals surface area contributed by atoms with Gasteiger partial charge in [0.1, 0.15) is 11.6 Å². The summed E-state index contributed by atoms with van der Waals surface area (Å²) in [4.78, 5) is 31.6. The van der Waals surface area contributed by atoms with E-state index in [4.69, 9.17) is 0 Å². The fourth-order valence-corrected chi connectivity index (χ4v) is 3.50. The van der Waals surface area contributed by atoms with Crippen LogP contribution >= 0.6 is 0 Å². The lowest BCUT2D eigenvalue weighted by Gasteiger charge is -2.16. The van der Waals surface area contributed by atoms with Crippen LogP contribution in [-0.4, -0.2) is 45.6 Å². The first-order valence-electron chi connectivity index (χ1n) is 9.49. The number of aliphatic hydroxyl groups is 1. The van der Waals surface area contributed by atoms with Crippen molar-refractivity contribution in [2.75, 3.05) is 6.54 Å². The van der Waals surface area contributed by atoms with Gasteiger partial charge in [-0.3, -0.25) is 9.59 Å². The second-order valence-electron chi connectivity index (χ2n) is 7.11. The number of hydrogen-bond acceptors (Lipinski definition) is 4. The van der Waals surface area contributed by atoms with E-state index >= 15 is 0 Å². The van der Waals surface area contributed by atoms with Crippen molar-refractivity contribution in [1.82, 2.24) is 20.6 Å². The van der Waals surface area contributed by atoms with Crippen LogP contribution < -0.4 is 10.6 Å². The Labute approximate surface area is 162 Å². The van der Waals surface area contributed by atoms with Crippen molar-refractivity contribution in [3.8, 4) is 0 Å². The molecule has 4 N–H and O–H groups in total. The number of carbonyl (C=O) groups excluding carboxylic acids is 2. The van der Waals surface area contributed by atoms with E-state index in [0.29, 0.717) is 24.9 Å². The van der Waals surface area contributed by atoms with Gasteiger partial charge >= 0.3 is 0 Å². The minimum absolute atomic E-state index is 0.0977. The fraction of sp³-hybridized carbons (Fsp3) is 0.450. The molecule has 7 nitrogen and oxygen atoms in total. The standard InChI is InChI=1S/C20H25FN4O3/c21-15-5-2-1-4-13(15)12-19(27)25-16-10-14(11-17(16)26)20(28)24-7-3-6-18-22-8-9-23-18/h1-2,4-5,8-9,14,16-17,26H,3,6-7,10-12H2,(H,22,23)(H,24,28)(H,25,27)/t14-,16+,17+/m0/s1. The minimum Gasteiger partial charge on any atom is -0.391 e. The number of nitrogens with zero attached hydrogens (tertiary/aromatic N) is 1. The van der Waals surface area contributed by atoms with E-state index in [9.17, 15) is 19.1 Å². The first kappa shape index (κ1) is 20.0. The maximum atomic E-state index is 13.7. The summed E-state index contributed by atoms with van der Waals surface area (Å²) in [5.41, 5.74) is 0.304. The van der Waals surface area contributed by atoms with Crippen molar-refractivity contribution in [2.24, 2.45) is 5.92 Å². The number of halogens is 1. The summed E-state index contributed by atoms with van der Waals surface area (Å²) >= 11 is 0. The molecule has 1 aliphatic rings. The molecule has 0 unspecified atom stereocenters. The van der Waals surface area contributed by atoms with Gasteiger partial charge in [0.15, 0.2) is 0 Å². The van der Waals surface area contributed by atoms with Gasteiger partial charge in [0.05, 0.1) is 18.6 Å². The first-order valence-corrected chi connectivity index (χ1v) is 9.49. The van der Waals surface area contributed by atoms with Gasteiger partial charge in [-0.2, -0.15) is 0 Å². The van der Waals surface area contributed by atoms with Gasteiger partial charge < -0.3 is 20.7 Å². The molecule has 28 heavy (non-hydrogen) atoms. The van der Waals surface area contributed by atoms with Gasteiger partial charge in [0, 0.05) is 31.3 Å². The number of aliphatic hydroxyl groups excluding tert-OH is 1. The third-order valence-electron chi connectivity index (χ3n) is 5.00. The Kier molecular flexibility index (Phi) is 6.76. The Morgan fingerprint density at radius 2 is 2.11 bits per heavy atom. The Hall–Kier alpha value is -2.74. The maximum Gasteiger partial charge on any atom is 0.224 e. The molecule has 3 atom stereocenters. The number of aromatic nitrogens is 2. The number of benzene rings is 1. The van der Waals surface area contributed by atoms with E-state index in [2.05, 4.69) is 20.6 Å². The molecule has 0 spiro atoms. The number of imidazole rings is 1. The van der Waals surface area contributed by atoms with Gasteiger partial charge in [-0.1, -0.05) is 18.2 Å². The average Bonchev–Trinajstić information content (AvgIpc) is 3.31. The fourth-order valence-electron chi connectivity index (χ4n) is 3.50. The highest BCUT2D eigenvalue weighted by molar-refractivity contribution is 5.81. The molecule has 3 rings (SSSR count). The molecule has 2 amide bonds. The molecule has 1 fully saturated rings. The highest BCUT2D eigenvalue weighted by Gasteiger charge is 2.37. The Bertz CT molecular complexity index is 797. The summed E-state index contributed by atoms with van der Waals surface area (Å²) in [5, 5.41) is 15.8. The Morgan fingerprint density at radius 1 is 1.29 bits per heavy atom. The number of nitrogens with one attached hydrogen (secondary N) is 3. The van der Waals surface area contributed by atoms with Crippen molar-refractivity contribution in [2.45, 2.75) is 44.2 Å². The van der Waals surface area contributed by atoms with Gasteiger partial charge in [0.2, 0.25) is 11.8 Å². The summed E-state index contributed by atoms with van der Waals surface area (Å²) in [6.07, 6.45) is 4.74. The third kappa shape index (κ3) is 5.39. The number of H-pyrrole nitrogens is 1. The van der Waals surface area contributed by atoms with E-state index < -0.39 is 18.0 Å². The van der Waals surface area contributed by atoms with Crippen LogP contribution in [0.2, 0.25) is 0 Å². The zero-order chi connectivity index (χ0) is 19.9. The van der Waals surface area contributed by atoms with Crippen LogP contribution in [0, 0.1) is 11.7 Å². The molecule has 1 heterocycles. The average molecular weight is 388 g/mol. The predicted octanol–water partition coefficient (Wildman–Crippen LogP) is 1.10. The SMILES string of the molecule is O=C(Cc1ccccc1F)N[C@@H]1C[C@H](C(=O)NCCCc2ncc[nH]2)C[C@H]1O. The van der Waals surface area contributed by atoms with Gasteiger partial charge in [0.25, 0.3) is 0 Å². The molecule has 1 aliphatic carbocycles. The van der Waals surface area contributed by atoms with Crippen molar-refractivity contribution < 1.29 is 19.1 Å². The van der Waals surface area contributed by atoms with E-state index in [1.54, 1.807) is 30.6 Å². The van der Waals surface area contributed by atoms with Gasteiger partial charge in [-0.05, 0) is 30.9 Å². The highest BCUT2D eigenvalue weighted by Crippen LogP contribution is 2.26. The number of rotatable bonds is 8. The normalized spacial score (nSPS) is 21.4. The van der Waals surface area contributed by atoms with Crippen LogP contribution in [0.5, 0.6) is 0 Å². The molecule has 0 saturated heterocycles. The summed E-state index contributed by atoms with van der Waals surface area (Å²) in [5.74, 6) is -0.394. The second kappa shape index (κ2) is 9.45. The van der Waals surface area contributed by atoms with Crippen molar-refractivity contribution in [3.63, 3.8) is 0 Å². The van der Waals surface area contributed by atoms with E-state index in [-0.39, 0.29) is 24.2 Å². The van der Waals surface area contributed by atoms with E-state index in [1.165, 1.54) is 6.07 Å². The molecule has 0 bridgehead atoms. The first-order chi connectivity index (χ1) is 13.5. The van der Waals surface area contributed by atoms with Crippen LogP contribution in [0.1, 0.15) is 30.7 Å². The maximum absolute atomic E-state index is 13.7. The number of aromatic amines is 1. The molecular weight excluding hydrogens is 363 g/mol. The predicted molar refractivity (Wildman–Crippen MR) is 101 cm³/mol. The van der Waals surface area contributed by atoms with E-state index in [1.807, 2.05) is 0 Å². The summed E-state index contributed by atoms with van der Waals surface area (Å²) < 4.78 is 13.7. The van der Waals surface area contributed by atoms with Gasteiger partial charge in [-0.15, -0.1) is 0 Å².